The predicted octanol–water partition coefficient (Wildman–Crippen LogP) is 2.54. The van der Waals surface area contributed by atoms with Gasteiger partial charge >= 0.3 is 0 Å². The van der Waals surface area contributed by atoms with Crippen molar-refractivity contribution in [1.82, 2.24) is 9.80 Å². The molecule has 0 radical (unpaired) electrons. The summed E-state index contributed by atoms with van der Waals surface area (Å²) in [6.45, 7) is 2.48. The van der Waals surface area contributed by atoms with Gasteiger partial charge < -0.3 is 10.0 Å². The molecule has 0 spiro atoms. The highest BCUT2D eigenvalue weighted by molar-refractivity contribution is 6.33. The van der Waals surface area contributed by atoms with Crippen molar-refractivity contribution in [3.8, 4) is 0 Å². The molecular formula is C17H22ClFN2O2. The van der Waals surface area contributed by atoms with E-state index in [-0.39, 0.29) is 28.6 Å². The van der Waals surface area contributed by atoms with Crippen LogP contribution in [0.5, 0.6) is 0 Å². The van der Waals surface area contributed by atoms with Gasteiger partial charge in [0.1, 0.15) is 5.82 Å². The first kappa shape index (κ1) is 16.7. The number of rotatable bonds is 2. The molecule has 1 saturated carbocycles. The summed E-state index contributed by atoms with van der Waals surface area (Å²) >= 11 is 5.98. The summed E-state index contributed by atoms with van der Waals surface area (Å²) in [5.41, 5.74) is -0.0414. The highest BCUT2D eigenvalue weighted by Crippen LogP contribution is 2.25. The average molecular weight is 341 g/mol. The van der Waals surface area contributed by atoms with E-state index in [1.807, 2.05) is 0 Å². The first-order valence-corrected chi connectivity index (χ1v) is 8.61. The molecule has 2 fully saturated rings. The molecule has 3 rings (SSSR count). The summed E-state index contributed by atoms with van der Waals surface area (Å²) in [5.74, 6) is -0.926. The van der Waals surface area contributed by atoms with Crippen LogP contribution in [0.4, 0.5) is 4.39 Å². The fourth-order valence-electron chi connectivity index (χ4n) is 3.63. The number of hydrogen-bond acceptors (Lipinski definition) is 3. The van der Waals surface area contributed by atoms with Crippen LogP contribution >= 0.6 is 11.6 Å². The lowest BCUT2D eigenvalue weighted by atomic mass is 9.91. The molecule has 126 valence electrons. The van der Waals surface area contributed by atoms with Crippen LogP contribution in [0.1, 0.15) is 36.0 Å². The number of piperazine rings is 1. The zero-order valence-electron chi connectivity index (χ0n) is 13.0. The van der Waals surface area contributed by atoms with Gasteiger partial charge in [0, 0.05) is 32.2 Å². The van der Waals surface area contributed by atoms with Crippen molar-refractivity contribution < 1.29 is 14.3 Å². The highest BCUT2D eigenvalue weighted by atomic mass is 35.5. The Bertz CT molecular complexity index is 555. The molecule has 0 aromatic heterocycles. The van der Waals surface area contributed by atoms with E-state index in [4.69, 9.17) is 11.6 Å². The zero-order valence-corrected chi connectivity index (χ0v) is 13.8. The lowest BCUT2D eigenvalue weighted by Crippen LogP contribution is -2.55. The van der Waals surface area contributed by atoms with Crippen molar-refractivity contribution in [3.63, 3.8) is 0 Å². The highest BCUT2D eigenvalue weighted by Gasteiger charge is 2.32. The second kappa shape index (κ2) is 7.16. The fourth-order valence-corrected chi connectivity index (χ4v) is 3.88. The first-order chi connectivity index (χ1) is 11.1. The molecule has 1 N–H and O–H groups in total. The molecule has 1 aromatic carbocycles. The number of amides is 1. The molecular weight excluding hydrogens is 319 g/mol. The summed E-state index contributed by atoms with van der Waals surface area (Å²) in [4.78, 5) is 16.4. The van der Waals surface area contributed by atoms with Gasteiger partial charge in [-0.15, -0.1) is 0 Å². The van der Waals surface area contributed by atoms with E-state index < -0.39 is 5.82 Å². The van der Waals surface area contributed by atoms with E-state index in [0.717, 1.165) is 25.7 Å². The molecule has 1 aliphatic heterocycles. The number of hydrogen-bond donors (Lipinski definition) is 1. The third kappa shape index (κ3) is 3.52. The number of aliphatic hydroxyl groups is 1. The van der Waals surface area contributed by atoms with E-state index in [9.17, 15) is 14.3 Å². The molecule has 2 unspecified atom stereocenters. The van der Waals surface area contributed by atoms with Gasteiger partial charge in [-0.3, -0.25) is 9.69 Å². The SMILES string of the molecule is O=C(c1c(F)cccc1Cl)N1CCN(C2CCCCC2O)CC1. The molecule has 6 heteroatoms. The van der Waals surface area contributed by atoms with Gasteiger partial charge in [-0.2, -0.15) is 0 Å². The smallest absolute Gasteiger partial charge is 0.258 e. The van der Waals surface area contributed by atoms with Crippen molar-refractivity contribution in [1.29, 1.82) is 0 Å². The summed E-state index contributed by atoms with van der Waals surface area (Å²) < 4.78 is 13.9. The lowest BCUT2D eigenvalue weighted by molar-refractivity contribution is -0.00179. The minimum Gasteiger partial charge on any atom is -0.391 e. The summed E-state index contributed by atoms with van der Waals surface area (Å²) in [6, 6.07) is 4.48. The van der Waals surface area contributed by atoms with Crippen LogP contribution in [0, 0.1) is 5.82 Å². The number of aliphatic hydroxyl groups excluding tert-OH is 1. The standard InChI is InChI=1S/C17H22ClFN2O2/c18-12-4-3-5-13(19)16(12)17(23)21-10-8-20(9-11-21)14-6-1-2-7-15(14)22/h3-5,14-15,22H,1-2,6-11H2. The third-order valence-electron chi connectivity index (χ3n) is 4.94. The maximum atomic E-state index is 13.9. The fraction of sp³-hybridized carbons (Fsp3) is 0.588. The number of nitrogens with zero attached hydrogens (tertiary/aromatic N) is 2. The Morgan fingerprint density at radius 1 is 1.17 bits per heavy atom. The van der Waals surface area contributed by atoms with E-state index in [0.29, 0.717) is 26.2 Å². The Morgan fingerprint density at radius 2 is 1.87 bits per heavy atom. The monoisotopic (exact) mass is 340 g/mol. The lowest BCUT2D eigenvalue weighted by Gasteiger charge is -2.42. The second-order valence-electron chi connectivity index (χ2n) is 6.34. The van der Waals surface area contributed by atoms with Gasteiger partial charge in [-0.05, 0) is 25.0 Å². The Labute approximate surface area is 140 Å². The summed E-state index contributed by atoms with van der Waals surface area (Å²) in [7, 11) is 0. The molecule has 23 heavy (non-hydrogen) atoms. The molecule has 2 atom stereocenters. The minimum atomic E-state index is -0.576. The Morgan fingerprint density at radius 3 is 2.52 bits per heavy atom. The Hall–Kier alpha value is -1.17. The molecule has 1 amide bonds. The quantitative estimate of drug-likeness (QED) is 0.899. The van der Waals surface area contributed by atoms with Gasteiger partial charge in [-0.25, -0.2) is 4.39 Å². The molecule has 1 saturated heterocycles. The first-order valence-electron chi connectivity index (χ1n) is 8.23. The van der Waals surface area contributed by atoms with Crippen molar-refractivity contribution in [2.75, 3.05) is 26.2 Å². The average Bonchev–Trinajstić information content (AvgIpc) is 2.55. The number of carbonyl (C=O) groups is 1. The van der Waals surface area contributed by atoms with Gasteiger partial charge in [-0.1, -0.05) is 30.5 Å². The van der Waals surface area contributed by atoms with Gasteiger partial charge in [0.05, 0.1) is 16.7 Å². The third-order valence-corrected chi connectivity index (χ3v) is 5.26. The molecule has 1 heterocycles. The molecule has 0 bridgehead atoms. The molecule has 1 aliphatic carbocycles. The number of carbonyl (C=O) groups excluding carboxylic acids is 1. The molecule has 4 nitrogen and oxygen atoms in total. The van der Waals surface area contributed by atoms with Crippen molar-refractivity contribution in [3.05, 3.63) is 34.6 Å². The topological polar surface area (TPSA) is 43.8 Å². The van der Waals surface area contributed by atoms with Crippen LogP contribution in [0.25, 0.3) is 0 Å². The van der Waals surface area contributed by atoms with E-state index in [1.165, 1.54) is 18.2 Å². The van der Waals surface area contributed by atoms with Crippen LogP contribution in [-0.4, -0.2) is 59.1 Å². The number of benzene rings is 1. The summed E-state index contributed by atoms with van der Waals surface area (Å²) in [5, 5.41) is 10.3. The van der Waals surface area contributed by atoms with E-state index in [1.54, 1.807) is 4.90 Å². The Kier molecular flexibility index (Phi) is 5.19. The maximum absolute atomic E-state index is 13.9. The van der Waals surface area contributed by atoms with Crippen LogP contribution in [-0.2, 0) is 0 Å². The van der Waals surface area contributed by atoms with Gasteiger partial charge in [0.15, 0.2) is 0 Å². The van der Waals surface area contributed by atoms with Crippen molar-refractivity contribution >= 4 is 17.5 Å². The van der Waals surface area contributed by atoms with Crippen LogP contribution < -0.4 is 0 Å². The zero-order chi connectivity index (χ0) is 16.4. The van der Waals surface area contributed by atoms with Gasteiger partial charge in [0.25, 0.3) is 5.91 Å². The largest absolute Gasteiger partial charge is 0.391 e. The Balaban J connectivity index is 1.63. The minimum absolute atomic E-state index is 0.0414. The molecule has 1 aromatic rings. The van der Waals surface area contributed by atoms with Crippen LogP contribution in [0.15, 0.2) is 18.2 Å². The number of halogens is 2. The van der Waals surface area contributed by atoms with Crippen LogP contribution in [0.2, 0.25) is 5.02 Å². The van der Waals surface area contributed by atoms with Crippen LogP contribution in [0.3, 0.4) is 0 Å². The predicted molar refractivity (Wildman–Crippen MR) is 87.1 cm³/mol. The normalized spacial score (nSPS) is 26.3. The van der Waals surface area contributed by atoms with Crippen molar-refractivity contribution in [2.45, 2.75) is 37.8 Å². The summed E-state index contributed by atoms with van der Waals surface area (Å²) in [6.07, 6.45) is 3.82. The van der Waals surface area contributed by atoms with Crippen molar-refractivity contribution in [2.24, 2.45) is 0 Å². The maximum Gasteiger partial charge on any atom is 0.258 e. The van der Waals surface area contributed by atoms with E-state index in [2.05, 4.69) is 4.90 Å². The van der Waals surface area contributed by atoms with E-state index >= 15 is 0 Å². The molecule has 2 aliphatic rings. The van der Waals surface area contributed by atoms with Gasteiger partial charge in [0.2, 0.25) is 0 Å². The second-order valence-corrected chi connectivity index (χ2v) is 6.75.